The Morgan fingerprint density at radius 1 is 1.28 bits per heavy atom. The molecular weight excluding hydrogens is 374 g/mol. The predicted octanol–water partition coefficient (Wildman–Crippen LogP) is 1.24. The fraction of sp³-hybridized carbons (Fsp3) is 0.300. The fourth-order valence-electron chi connectivity index (χ4n) is 3.26. The number of hydrogen-bond acceptors (Lipinski definition) is 9. The van der Waals surface area contributed by atoms with E-state index in [4.69, 9.17) is 30.4 Å². The quantitative estimate of drug-likeness (QED) is 0.688. The maximum atomic E-state index is 6.38. The zero-order chi connectivity index (χ0) is 20.4. The summed E-state index contributed by atoms with van der Waals surface area (Å²) in [4.78, 5) is 4.23. The first-order valence-corrected chi connectivity index (χ1v) is 9.08. The molecule has 0 saturated carbocycles. The van der Waals surface area contributed by atoms with Crippen LogP contribution >= 0.6 is 0 Å². The van der Waals surface area contributed by atoms with Crippen LogP contribution in [-0.4, -0.2) is 37.7 Å². The number of pyridine rings is 1. The normalized spacial score (nSPS) is 22.4. The molecule has 2 aliphatic rings. The SMILES string of the molecule is COc1ccc(C2COc3cc(CC4(N)NN=CC=C4N)cc(OC)c3O2)cn1. The third-order valence-electron chi connectivity index (χ3n) is 4.88. The van der Waals surface area contributed by atoms with Crippen molar-refractivity contribution >= 4 is 6.21 Å². The molecule has 9 heteroatoms. The van der Waals surface area contributed by atoms with Crippen LogP contribution in [0.15, 0.2) is 47.3 Å². The first kappa shape index (κ1) is 18.9. The number of allylic oxidation sites excluding steroid dienone is 1. The van der Waals surface area contributed by atoms with Gasteiger partial charge in [-0.3, -0.25) is 5.43 Å². The standard InChI is InChI=1S/C20H23N5O4/c1-26-14-7-12(9-20(22)17(21)5-6-24-25-20)8-15-19(14)29-16(11-28-15)13-3-4-18(27-2)23-10-13/h3-8,10,16,25H,9,11,21-22H2,1-2H3. The Bertz CT molecular complexity index is 943. The molecular formula is C20H23N5O4. The van der Waals surface area contributed by atoms with E-state index in [1.807, 2.05) is 18.2 Å². The van der Waals surface area contributed by atoms with Gasteiger partial charge in [0.05, 0.1) is 19.9 Å². The van der Waals surface area contributed by atoms with Gasteiger partial charge in [-0.2, -0.15) is 5.10 Å². The zero-order valence-electron chi connectivity index (χ0n) is 16.2. The molecule has 1 aromatic heterocycles. The van der Waals surface area contributed by atoms with Crippen LogP contribution in [0.5, 0.6) is 23.1 Å². The van der Waals surface area contributed by atoms with E-state index in [2.05, 4.69) is 15.5 Å². The number of methoxy groups -OCH3 is 2. The van der Waals surface area contributed by atoms with Gasteiger partial charge in [0, 0.05) is 30.5 Å². The second kappa shape index (κ2) is 7.51. The molecule has 2 aromatic rings. The van der Waals surface area contributed by atoms with Gasteiger partial charge >= 0.3 is 0 Å². The van der Waals surface area contributed by atoms with Crippen LogP contribution in [0.4, 0.5) is 0 Å². The van der Waals surface area contributed by atoms with Gasteiger partial charge < -0.3 is 30.4 Å². The lowest BCUT2D eigenvalue weighted by atomic mass is 9.96. The summed E-state index contributed by atoms with van der Waals surface area (Å²) < 4.78 is 22.8. The number of rotatable bonds is 5. The van der Waals surface area contributed by atoms with Gasteiger partial charge in [0.25, 0.3) is 0 Å². The molecule has 29 heavy (non-hydrogen) atoms. The highest BCUT2D eigenvalue weighted by Crippen LogP contribution is 2.44. The van der Waals surface area contributed by atoms with E-state index in [-0.39, 0.29) is 6.10 Å². The molecule has 0 spiro atoms. The monoisotopic (exact) mass is 397 g/mol. The number of nitrogens with one attached hydrogen (secondary N) is 1. The van der Waals surface area contributed by atoms with E-state index in [9.17, 15) is 0 Å². The molecule has 0 fully saturated rings. The van der Waals surface area contributed by atoms with Gasteiger partial charge in [-0.05, 0) is 29.8 Å². The topological polar surface area (TPSA) is 126 Å². The van der Waals surface area contributed by atoms with Crippen LogP contribution in [0.2, 0.25) is 0 Å². The summed E-state index contributed by atoms with van der Waals surface area (Å²) in [5.74, 6) is 2.21. The minimum Gasteiger partial charge on any atom is -0.493 e. The highest BCUT2D eigenvalue weighted by atomic mass is 16.6. The van der Waals surface area contributed by atoms with Crippen LogP contribution in [-0.2, 0) is 6.42 Å². The highest BCUT2D eigenvalue weighted by Gasteiger charge is 2.32. The summed E-state index contributed by atoms with van der Waals surface area (Å²) in [6, 6.07) is 7.42. The smallest absolute Gasteiger partial charge is 0.212 e. The summed E-state index contributed by atoms with van der Waals surface area (Å²) in [7, 11) is 3.15. The molecule has 2 unspecified atom stereocenters. The Kier molecular flexibility index (Phi) is 4.89. The highest BCUT2D eigenvalue weighted by molar-refractivity contribution is 5.73. The number of nitrogens with zero attached hydrogens (tertiary/aromatic N) is 2. The molecule has 9 nitrogen and oxygen atoms in total. The van der Waals surface area contributed by atoms with Gasteiger partial charge in [0.15, 0.2) is 17.6 Å². The van der Waals surface area contributed by atoms with Crippen molar-refractivity contribution in [2.24, 2.45) is 16.6 Å². The molecule has 2 aliphatic heterocycles. The molecule has 0 amide bonds. The maximum Gasteiger partial charge on any atom is 0.212 e. The Balaban J connectivity index is 1.59. The molecule has 0 saturated heterocycles. The zero-order valence-corrected chi connectivity index (χ0v) is 16.2. The van der Waals surface area contributed by atoms with E-state index < -0.39 is 5.66 Å². The van der Waals surface area contributed by atoms with Crippen LogP contribution < -0.4 is 35.8 Å². The molecule has 0 radical (unpaired) electrons. The number of ether oxygens (including phenoxy) is 4. The van der Waals surface area contributed by atoms with Crippen molar-refractivity contribution in [1.82, 2.24) is 10.4 Å². The van der Waals surface area contributed by atoms with Gasteiger partial charge in [0.2, 0.25) is 11.6 Å². The van der Waals surface area contributed by atoms with Crippen LogP contribution in [0.3, 0.4) is 0 Å². The van der Waals surface area contributed by atoms with Crippen LogP contribution in [0, 0.1) is 0 Å². The van der Waals surface area contributed by atoms with Gasteiger partial charge in [-0.25, -0.2) is 4.98 Å². The van der Waals surface area contributed by atoms with Crippen LogP contribution in [0.25, 0.3) is 0 Å². The van der Waals surface area contributed by atoms with Gasteiger partial charge in [-0.15, -0.1) is 0 Å². The lowest BCUT2D eigenvalue weighted by Gasteiger charge is -2.32. The molecule has 2 atom stereocenters. The van der Waals surface area contributed by atoms with Crippen molar-refractivity contribution < 1.29 is 18.9 Å². The minimum absolute atomic E-state index is 0.311. The average molecular weight is 397 g/mol. The Labute approximate surface area is 168 Å². The molecule has 1 aromatic carbocycles. The predicted molar refractivity (Wildman–Crippen MR) is 107 cm³/mol. The number of nitrogens with two attached hydrogens (primary N) is 2. The second-order valence-electron chi connectivity index (χ2n) is 6.84. The summed E-state index contributed by atoms with van der Waals surface area (Å²) in [5.41, 5.74) is 16.6. The lowest BCUT2D eigenvalue weighted by Crippen LogP contribution is -2.58. The molecule has 0 aliphatic carbocycles. The molecule has 4 rings (SSSR count). The first-order valence-electron chi connectivity index (χ1n) is 9.08. The number of benzene rings is 1. The number of hydrogen-bond donors (Lipinski definition) is 3. The van der Waals surface area contributed by atoms with Crippen molar-refractivity contribution in [2.45, 2.75) is 18.2 Å². The van der Waals surface area contributed by atoms with Crippen molar-refractivity contribution in [1.29, 1.82) is 0 Å². The molecule has 152 valence electrons. The largest absolute Gasteiger partial charge is 0.493 e. The molecule has 3 heterocycles. The summed E-state index contributed by atoms with van der Waals surface area (Å²) in [6.45, 7) is 0.339. The second-order valence-corrected chi connectivity index (χ2v) is 6.84. The van der Waals surface area contributed by atoms with E-state index in [1.165, 1.54) is 0 Å². The molecule has 0 bridgehead atoms. The molecule has 5 N–H and O–H groups in total. The summed E-state index contributed by atoms with van der Waals surface area (Å²) in [6.07, 6.45) is 5.04. The van der Waals surface area contributed by atoms with Gasteiger partial charge in [-0.1, -0.05) is 0 Å². The fourth-order valence-corrected chi connectivity index (χ4v) is 3.26. The first-order chi connectivity index (χ1) is 14.0. The number of aromatic nitrogens is 1. The minimum atomic E-state index is -0.985. The third-order valence-corrected chi connectivity index (χ3v) is 4.88. The van der Waals surface area contributed by atoms with Crippen molar-refractivity contribution in [3.8, 4) is 23.1 Å². The maximum absolute atomic E-state index is 6.38. The average Bonchev–Trinajstić information content (AvgIpc) is 2.75. The van der Waals surface area contributed by atoms with Gasteiger partial charge in [0.1, 0.15) is 12.3 Å². The Hall–Kier alpha value is -3.46. The summed E-state index contributed by atoms with van der Waals surface area (Å²) >= 11 is 0. The van der Waals surface area contributed by atoms with E-state index in [0.29, 0.717) is 41.9 Å². The Morgan fingerprint density at radius 3 is 2.83 bits per heavy atom. The number of hydrazone groups is 1. The van der Waals surface area contributed by atoms with Crippen molar-refractivity contribution in [3.05, 3.63) is 53.4 Å². The number of fused-ring (bicyclic) bond motifs is 1. The van der Waals surface area contributed by atoms with E-state index in [1.54, 1.807) is 38.8 Å². The van der Waals surface area contributed by atoms with Crippen LogP contribution in [0.1, 0.15) is 17.2 Å². The van der Waals surface area contributed by atoms with E-state index >= 15 is 0 Å². The third kappa shape index (κ3) is 3.64. The van der Waals surface area contributed by atoms with Crippen molar-refractivity contribution in [3.63, 3.8) is 0 Å². The Morgan fingerprint density at radius 2 is 2.14 bits per heavy atom. The summed E-state index contributed by atoms with van der Waals surface area (Å²) in [5, 5.41) is 4.00. The lowest BCUT2D eigenvalue weighted by molar-refractivity contribution is 0.0866. The van der Waals surface area contributed by atoms with E-state index in [0.717, 1.165) is 11.1 Å². The van der Waals surface area contributed by atoms with Crippen molar-refractivity contribution in [2.75, 3.05) is 20.8 Å².